The van der Waals surface area contributed by atoms with Gasteiger partial charge in [0.05, 0.1) is 21.2 Å². The number of nitrogens with two attached hydrogens (primary N) is 1. The zero-order chi connectivity index (χ0) is 14.4. The van der Waals surface area contributed by atoms with Gasteiger partial charge in [0.2, 0.25) is 5.95 Å². The fourth-order valence-corrected chi connectivity index (χ4v) is 2.79. The monoisotopic (exact) mass is 333 g/mol. The van der Waals surface area contributed by atoms with E-state index in [4.69, 9.17) is 5.73 Å². The van der Waals surface area contributed by atoms with Gasteiger partial charge < -0.3 is 5.73 Å². The number of nitrogen functional groups attached to an aromatic ring is 1. The largest absolute Gasteiger partial charge is 0.369 e. The van der Waals surface area contributed by atoms with E-state index < -0.39 is 0 Å². The molecule has 102 valence electrons. The molecule has 0 aliphatic heterocycles. The first-order valence-electron chi connectivity index (χ1n) is 6.18. The van der Waals surface area contributed by atoms with Gasteiger partial charge in [0.15, 0.2) is 0 Å². The third-order valence-corrected chi connectivity index (χ3v) is 3.92. The Morgan fingerprint density at radius 2 is 1.95 bits per heavy atom. The molecule has 0 fully saturated rings. The lowest BCUT2D eigenvalue weighted by molar-refractivity contribution is 0.619. The predicted molar refractivity (Wildman–Crippen MR) is 82.6 cm³/mol. The first-order valence-corrected chi connectivity index (χ1v) is 6.97. The number of rotatable bonds is 1. The van der Waals surface area contributed by atoms with E-state index in [0.29, 0.717) is 16.1 Å². The van der Waals surface area contributed by atoms with Gasteiger partial charge in [0, 0.05) is 0 Å². The van der Waals surface area contributed by atoms with Crippen molar-refractivity contribution in [1.29, 1.82) is 0 Å². The molecule has 0 spiro atoms. The van der Waals surface area contributed by atoms with E-state index in [0.717, 1.165) is 22.2 Å². The van der Waals surface area contributed by atoms with Gasteiger partial charge in [-0.3, -0.25) is 4.57 Å². The number of aromatic nitrogens is 2. The van der Waals surface area contributed by atoms with Crippen molar-refractivity contribution in [2.75, 3.05) is 5.73 Å². The third kappa shape index (κ3) is 1.98. The summed E-state index contributed by atoms with van der Waals surface area (Å²) in [6.07, 6.45) is 0. The number of hydrogen-bond donors (Lipinski definition) is 1. The second kappa shape index (κ2) is 4.59. The summed E-state index contributed by atoms with van der Waals surface area (Å²) in [5.74, 6) is 0.0370. The molecule has 3 nitrogen and oxygen atoms in total. The minimum absolute atomic E-state index is 0.320. The molecule has 0 bridgehead atoms. The molecule has 0 saturated heterocycles. The summed E-state index contributed by atoms with van der Waals surface area (Å²) >= 11 is 3.19. The third-order valence-electron chi connectivity index (χ3n) is 3.32. The van der Waals surface area contributed by atoms with E-state index in [9.17, 15) is 4.39 Å². The molecule has 0 aliphatic carbocycles. The number of anilines is 1. The maximum atomic E-state index is 13.8. The van der Waals surface area contributed by atoms with Gasteiger partial charge in [-0.25, -0.2) is 9.37 Å². The van der Waals surface area contributed by atoms with Crippen LogP contribution in [0.3, 0.4) is 0 Å². The van der Waals surface area contributed by atoms with Crippen LogP contribution < -0.4 is 5.73 Å². The minimum Gasteiger partial charge on any atom is -0.369 e. The molecule has 5 heteroatoms. The van der Waals surface area contributed by atoms with Crippen LogP contribution in [-0.2, 0) is 0 Å². The van der Waals surface area contributed by atoms with Gasteiger partial charge in [-0.15, -0.1) is 0 Å². The van der Waals surface area contributed by atoms with E-state index in [1.165, 1.54) is 6.07 Å². The molecule has 3 aromatic rings. The summed E-state index contributed by atoms with van der Waals surface area (Å²) in [5.41, 5.74) is 10.4. The van der Waals surface area contributed by atoms with Crippen LogP contribution in [-0.4, -0.2) is 9.55 Å². The van der Waals surface area contributed by atoms with Crippen molar-refractivity contribution in [3.8, 4) is 5.69 Å². The molecule has 1 aromatic heterocycles. The summed E-state index contributed by atoms with van der Waals surface area (Å²) in [6, 6.07) is 9.11. The van der Waals surface area contributed by atoms with Crippen LogP contribution in [0.4, 0.5) is 10.3 Å². The second-order valence-corrected chi connectivity index (χ2v) is 5.70. The molecule has 0 aliphatic rings. The number of imidazole rings is 1. The van der Waals surface area contributed by atoms with Crippen molar-refractivity contribution in [2.45, 2.75) is 13.8 Å². The fourth-order valence-electron chi connectivity index (χ4n) is 2.33. The first kappa shape index (κ1) is 13.1. The highest BCUT2D eigenvalue weighted by molar-refractivity contribution is 9.10. The average Bonchev–Trinajstić information content (AvgIpc) is 2.69. The molecule has 0 saturated carbocycles. The number of benzene rings is 2. The van der Waals surface area contributed by atoms with Crippen LogP contribution in [0.5, 0.6) is 0 Å². The van der Waals surface area contributed by atoms with Gasteiger partial charge in [0.25, 0.3) is 0 Å². The molecule has 20 heavy (non-hydrogen) atoms. The van der Waals surface area contributed by atoms with Crippen LogP contribution >= 0.6 is 15.9 Å². The van der Waals surface area contributed by atoms with Crippen molar-refractivity contribution < 1.29 is 4.39 Å². The van der Waals surface area contributed by atoms with Crippen molar-refractivity contribution >= 4 is 32.9 Å². The zero-order valence-electron chi connectivity index (χ0n) is 11.1. The Bertz CT molecular complexity index is 824. The Balaban J connectivity index is 2.37. The summed E-state index contributed by atoms with van der Waals surface area (Å²) in [7, 11) is 0. The molecule has 2 aromatic carbocycles. The van der Waals surface area contributed by atoms with Crippen molar-refractivity contribution in [3.05, 3.63) is 51.7 Å². The van der Waals surface area contributed by atoms with Crippen molar-refractivity contribution in [2.24, 2.45) is 0 Å². The van der Waals surface area contributed by atoms with Crippen LogP contribution in [0.1, 0.15) is 11.1 Å². The summed E-state index contributed by atoms with van der Waals surface area (Å²) in [5, 5.41) is 0. The lowest BCUT2D eigenvalue weighted by Crippen LogP contribution is -2.03. The molecule has 0 unspecified atom stereocenters. The Labute approximate surface area is 124 Å². The van der Waals surface area contributed by atoms with E-state index in [1.807, 2.05) is 32.0 Å². The van der Waals surface area contributed by atoms with Gasteiger partial charge in [-0.05, 0) is 65.2 Å². The van der Waals surface area contributed by atoms with E-state index in [1.54, 1.807) is 10.6 Å². The van der Waals surface area contributed by atoms with Crippen molar-refractivity contribution in [1.82, 2.24) is 9.55 Å². The van der Waals surface area contributed by atoms with Crippen molar-refractivity contribution in [3.63, 3.8) is 0 Å². The van der Waals surface area contributed by atoms with E-state index >= 15 is 0 Å². The van der Waals surface area contributed by atoms with Crippen LogP contribution in [0.25, 0.3) is 16.7 Å². The highest BCUT2D eigenvalue weighted by atomic mass is 79.9. The number of halogens is 2. The number of fused-ring (bicyclic) bond motifs is 1. The second-order valence-electron chi connectivity index (χ2n) is 4.85. The lowest BCUT2D eigenvalue weighted by atomic mass is 10.1. The SMILES string of the molecule is Cc1ccc2nc(N)n(-c3cc(F)c(Br)cc3C)c2c1. The van der Waals surface area contributed by atoms with Gasteiger partial charge in [-0.2, -0.15) is 0 Å². The minimum atomic E-state index is -0.320. The molecule has 3 rings (SSSR count). The Morgan fingerprint density at radius 1 is 1.20 bits per heavy atom. The Hall–Kier alpha value is -1.88. The maximum absolute atomic E-state index is 13.8. The van der Waals surface area contributed by atoms with Crippen LogP contribution in [0, 0.1) is 19.7 Å². The van der Waals surface area contributed by atoms with Gasteiger partial charge in [0.1, 0.15) is 5.82 Å². The fraction of sp³-hybridized carbons (Fsp3) is 0.133. The topological polar surface area (TPSA) is 43.8 Å². The summed E-state index contributed by atoms with van der Waals surface area (Å²) < 4.78 is 16.1. The van der Waals surface area contributed by atoms with Crippen LogP contribution in [0.2, 0.25) is 0 Å². The highest BCUT2D eigenvalue weighted by Crippen LogP contribution is 2.29. The molecule has 0 atom stereocenters. The molecular formula is C15H13BrFN3. The predicted octanol–water partition coefficient (Wildman–Crippen LogP) is 4.13. The Morgan fingerprint density at radius 3 is 2.70 bits per heavy atom. The number of hydrogen-bond acceptors (Lipinski definition) is 2. The van der Waals surface area contributed by atoms with Gasteiger partial charge in [-0.1, -0.05) is 6.07 Å². The number of aryl methyl sites for hydroxylation is 2. The molecule has 0 radical (unpaired) electrons. The molecular weight excluding hydrogens is 321 g/mol. The molecule has 0 amide bonds. The van der Waals surface area contributed by atoms with Crippen LogP contribution in [0.15, 0.2) is 34.8 Å². The summed E-state index contributed by atoms with van der Waals surface area (Å²) in [4.78, 5) is 4.33. The molecule has 2 N–H and O–H groups in total. The first-order chi connectivity index (χ1) is 9.47. The maximum Gasteiger partial charge on any atom is 0.205 e. The highest BCUT2D eigenvalue weighted by Gasteiger charge is 2.14. The quantitative estimate of drug-likeness (QED) is 0.727. The standard InChI is InChI=1S/C15H13BrFN3/c1-8-3-4-12-14(5-8)20(15(18)19-12)13-7-11(17)10(16)6-9(13)2/h3-7H,1-2H3,(H2,18,19). The summed E-state index contributed by atoms with van der Waals surface area (Å²) in [6.45, 7) is 3.92. The normalized spacial score (nSPS) is 11.2. The van der Waals surface area contributed by atoms with Gasteiger partial charge >= 0.3 is 0 Å². The smallest absolute Gasteiger partial charge is 0.205 e. The zero-order valence-corrected chi connectivity index (χ0v) is 12.7. The molecule has 1 heterocycles. The van der Waals surface area contributed by atoms with E-state index in [2.05, 4.69) is 20.9 Å². The van der Waals surface area contributed by atoms with E-state index in [-0.39, 0.29) is 5.82 Å². The Kier molecular flexibility index (Phi) is 3.01. The lowest BCUT2D eigenvalue weighted by Gasteiger charge is -2.11. The number of nitrogens with zero attached hydrogens (tertiary/aromatic N) is 2. The average molecular weight is 334 g/mol.